The van der Waals surface area contributed by atoms with E-state index in [0.717, 1.165) is 0 Å². The van der Waals surface area contributed by atoms with Crippen LogP contribution in [0.15, 0.2) is 36.4 Å². The molecule has 0 aliphatic carbocycles. The summed E-state index contributed by atoms with van der Waals surface area (Å²) in [7, 11) is 0. The van der Waals surface area contributed by atoms with Crippen molar-refractivity contribution >= 4 is 11.8 Å². The number of hydrogen-bond acceptors (Lipinski definition) is 3. The van der Waals surface area contributed by atoms with E-state index in [-0.39, 0.29) is 22.9 Å². The van der Waals surface area contributed by atoms with Crippen molar-refractivity contribution in [3.8, 4) is 5.75 Å². The fraction of sp³-hybridized carbons (Fsp3) is 0. The van der Waals surface area contributed by atoms with E-state index in [1.807, 2.05) is 0 Å². The molecular formula is C12H9NO4. The first kappa shape index (κ1) is 10.9. The van der Waals surface area contributed by atoms with Crippen molar-refractivity contribution in [2.45, 2.75) is 0 Å². The number of carboxylic acid groups (broad SMARTS) is 1. The van der Waals surface area contributed by atoms with Crippen molar-refractivity contribution in [2.24, 2.45) is 0 Å². The Morgan fingerprint density at radius 2 is 1.53 bits per heavy atom. The van der Waals surface area contributed by atoms with Gasteiger partial charge in [0.1, 0.15) is 11.4 Å². The fourth-order valence-electron chi connectivity index (χ4n) is 1.42. The highest BCUT2D eigenvalue weighted by Gasteiger charge is 2.13. The second-order valence-electron chi connectivity index (χ2n) is 3.47. The minimum Gasteiger partial charge on any atom is -0.508 e. The summed E-state index contributed by atoms with van der Waals surface area (Å²) in [5.74, 6) is -1.37. The molecule has 0 radical (unpaired) electrons. The highest BCUT2D eigenvalue weighted by molar-refractivity contribution is 6.08. The minimum absolute atomic E-state index is 0.0351. The summed E-state index contributed by atoms with van der Waals surface area (Å²) < 4.78 is 0. The zero-order chi connectivity index (χ0) is 12.4. The van der Waals surface area contributed by atoms with Crippen LogP contribution in [0.5, 0.6) is 5.75 Å². The zero-order valence-corrected chi connectivity index (χ0v) is 8.68. The van der Waals surface area contributed by atoms with Gasteiger partial charge in [0, 0.05) is 5.56 Å². The summed E-state index contributed by atoms with van der Waals surface area (Å²) in [6, 6.07) is 8.48. The molecule has 5 nitrogen and oxygen atoms in total. The lowest BCUT2D eigenvalue weighted by Crippen LogP contribution is -2.03. The van der Waals surface area contributed by atoms with Crippen LogP contribution in [0.3, 0.4) is 0 Å². The van der Waals surface area contributed by atoms with E-state index in [1.54, 1.807) is 0 Å². The Morgan fingerprint density at radius 3 is 2.06 bits per heavy atom. The van der Waals surface area contributed by atoms with Crippen LogP contribution in [-0.4, -0.2) is 26.9 Å². The molecule has 1 heterocycles. The fourth-order valence-corrected chi connectivity index (χ4v) is 1.42. The van der Waals surface area contributed by atoms with E-state index in [4.69, 9.17) is 10.2 Å². The standard InChI is InChI=1S/C12H9NO4/c14-8-3-1-7(2-4-8)11(15)9-5-6-10(13-9)12(16)17/h1-6,13-14H,(H,16,17). The minimum atomic E-state index is -1.12. The van der Waals surface area contributed by atoms with Gasteiger partial charge in [-0.2, -0.15) is 0 Å². The number of nitrogens with one attached hydrogen (secondary N) is 1. The van der Waals surface area contributed by atoms with Gasteiger partial charge in [-0.25, -0.2) is 4.79 Å². The monoisotopic (exact) mass is 231 g/mol. The van der Waals surface area contributed by atoms with Crippen molar-refractivity contribution in [1.29, 1.82) is 0 Å². The normalized spacial score (nSPS) is 10.1. The van der Waals surface area contributed by atoms with Gasteiger partial charge in [0.05, 0.1) is 5.69 Å². The first-order chi connectivity index (χ1) is 8.08. The molecule has 0 bridgehead atoms. The number of aromatic hydroxyl groups is 1. The van der Waals surface area contributed by atoms with Crippen LogP contribution in [-0.2, 0) is 0 Å². The van der Waals surface area contributed by atoms with Gasteiger partial charge in [-0.1, -0.05) is 0 Å². The molecule has 0 aliphatic heterocycles. The largest absolute Gasteiger partial charge is 0.508 e. The molecule has 1 aromatic carbocycles. The van der Waals surface area contributed by atoms with Gasteiger partial charge in [-0.3, -0.25) is 4.79 Å². The van der Waals surface area contributed by atoms with Crippen LogP contribution >= 0.6 is 0 Å². The molecule has 3 N–H and O–H groups in total. The van der Waals surface area contributed by atoms with Gasteiger partial charge < -0.3 is 15.2 Å². The number of H-pyrrole nitrogens is 1. The van der Waals surface area contributed by atoms with E-state index in [1.165, 1.54) is 36.4 Å². The van der Waals surface area contributed by atoms with Gasteiger partial charge in [-0.05, 0) is 36.4 Å². The number of phenolic OH excluding ortho intramolecular Hbond substituents is 1. The molecule has 0 saturated carbocycles. The van der Waals surface area contributed by atoms with Gasteiger partial charge in [0.25, 0.3) is 0 Å². The van der Waals surface area contributed by atoms with Crippen LogP contribution in [0.4, 0.5) is 0 Å². The number of aromatic amines is 1. The predicted molar refractivity (Wildman–Crippen MR) is 59.3 cm³/mol. The van der Waals surface area contributed by atoms with Gasteiger partial charge in [0.15, 0.2) is 0 Å². The van der Waals surface area contributed by atoms with Gasteiger partial charge in [0.2, 0.25) is 5.78 Å². The predicted octanol–water partition coefficient (Wildman–Crippen LogP) is 1.65. The van der Waals surface area contributed by atoms with Crippen molar-refractivity contribution in [2.75, 3.05) is 0 Å². The Morgan fingerprint density at radius 1 is 0.941 bits per heavy atom. The first-order valence-corrected chi connectivity index (χ1v) is 4.84. The quantitative estimate of drug-likeness (QED) is 0.700. The topological polar surface area (TPSA) is 90.4 Å². The number of aromatic nitrogens is 1. The van der Waals surface area contributed by atoms with Crippen LogP contribution in [0.1, 0.15) is 26.5 Å². The number of hydrogen-bond donors (Lipinski definition) is 3. The number of carboxylic acids is 1. The van der Waals surface area contributed by atoms with Crippen molar-refractivity contribution in [1.82, 2.24) is 4.98 Å². The van der Waals surface area contributed by atoms with Crippen molar-refractivity contribution in [3.63, 3.8) is 0 Å². The number of rotatable bonds is 3. The molecule has 5 heteroatoms. The van der Waals surface area contributed by atoms with E-state index < -0.39 is 5.97 Å². The van der Waals surface area contributed by atoms with Crippen LogP contribution in [0, 0.1) is 0 Å². The lowest BCUT2D eigenvalue weighted by Gasteiger charge is -1.98. The van der Waals surface area contributed by atoms with Crippen LogP contribution < -0.4 is 0 Å². The Bertz CT molecular complexity index is 568. The molecule has 2 rings (SSSR count). The average molecular weight is 231 g/mol. The SMILES string of the molecule is O=C(O)c1ccc(C(=O)c2ccc(O)cc2)[nH]1. The summed E-state index contributed by atoms with van der Waals surface area (Å²) >= 11 is 0. The molecule has 2 aromatic rings. The van der Waals surface area contributed by atoms with Crippen LogP contribution in [0.2, 0.25) is 0 Å². The maximum Gasteiger partial charge on any atom is 0.352 e. The molecule has 1 aromatic heterocycles. The number of carbonyl (C=O) groups excluding carboxylic acids is 1. The molecule has 0 atom stereocenters. The molecular weight excluding hydrogens is 222 g/mol. The van der Waals surface area contributed by atoms with Crippen molar-refractivity contribution < 1.29 is 19.8 Å². The molecule has 0 saturated heterocycles. The lowest BCUT2D eigenvalue weighted by molar-refractivity contribution is 0.0691. The highest BCUT2D eigenvalue weighted by Crippen LogP contribution is 2.14. The maximum atomic E-state index is 11.9. The molecule has 0 amide bonds. The van der Waals surface area contributed by atoms with E-state index in [0.29, 0.717) is 5.56 Å². The maximum absolute atomic E-state index is 11.9. The molecule has 86 valence electrons. The zero-order valence-electron chi connectivity index (χ0n) is 8.68. The highest BCUT2D eigenvalue weighted by atomic mass is 16.4. The third kappa shape index (κ3) is 2.17. The average Bonchev–Trinajstić information content (AvgIpc) is 2.78. The number of benzene rings is 1. The summed E-state index contributed by atoms with van der Waals surface area (Å²) in [5, 5.41) is 17.8. The molecule has 0 aliphatic rings. The van der Waals surface area contributed by atoms with E-state index in [2.05, 4.69) is 4.98 Å². The second-order valence-corrected chi connectivity index (χ2v) is 3.47. The number of ketones is 1. The lowest BCUT2D eigenvalue weighted by atomic mass is 10.1. The summed E-state index contributed by atoms with van der Waals surface area (Å²) in [4.78, 5) is 25.0. The molecule has 0 fully saturated rings. The summed E-state index contributed by atoms with van der Waals surface area (Å²) in [6.45, 7) is 0. The molecule has 0 spiro atoms. The number of carbonyl (C=O) groups is 2. The third-order valence-electron chi connectivity index (χ3n) is 2.29. The summed E-state index contributed by atoms with van der Waals surface area (Å²) in [6.07, 6.45) is 0. The Labute approximate surface area is 96.3 Å². The van der Waals surface area contributed by atoms with E-state index in [9.17, 15) is 9.59 Å². The Hall–Kier alpha value is -2.56. The van der Waals surface area contributed by atoms with E-state index >= 15 is 0 Å². The molecule has 0 unspecified atom stereocenters. The Kier molecular flexibility index (Phi) is 2.66. The van der Waals surface area contributed by atoms with Crippen molar-refractivity contribution in [3.05, 3.63) is 53.3 Å². The third-order valence-corrected chi connectivity index (χ3v) is 2.29. The van der Waals surface area contributed by atoms with Gasteiger partial charge in [-0.15, -0.1) is 0 Å². The number of aromatic carboxylic acids is 1. The second kappa shape index (κ2) is 4.13. The van der Waals surface area contributed by atoms with Gasteiger partial charge >= 0.3 is 5.97 Å². The number of phenols is 1. The summed E-state index contributed by atoms with van der Waals surface area (Å²) in [5.41, 5.74) is 0.543. The Balaban J connectivity index is 2.30. The smallest absolute Gasteiger partial charge is 0.352 e. The van der Waals surface area contributed by atoms with Crippen LogP contribution in [0.25, 0.3) is 0 Å². The first-order valence-electron chi connectivity index (χ1n) is 4.84. The molecule has 17 heavy (non-hydrogen) atoms.